The average Bonchev–Trinajstić information content (AvgIpc) is 3.42. The van der Waals surface area contributed by atoms with Crippen molar-refractivity contribution in [3.05, 3.63) is 150 Å². The Kier molecular flexibility index (Phi) is 8.76. The van der Waals surface area contributed by atoms with Crippen molar-refractivity contribution in [2.45, 2.75) is 124 Å². The SMILES string of the molecule is Cc1cc2c3c(c1)N(c1ccc(C(C)(C)C)cc1)c1cc(N4c5ccc(C(C)(C)C)cc5C5(C)CC(C(C)(C)C)CCC45C)ccc1B3c1ccccc1N2c1ccccc1. The Balaban J connectivity index is 1.22. The minimum atomic E-state index is -0.0923. The predicted octanol–water partition coefficient (Wildman–Crippen LogP) is 13.7. The van der Waals surface area contributed by atoms with Gasteiger partial charge in [0.15, 0.2) is 0 Å². The van der Waals surface area contributed by atoms with E-state index in [-0.39, 0.29) is 33.9 Å². The van der Waals surface area contributed by atoms with E-state index in [4.69, 9.17) is 0 Å². The molecule has 4 aliphatic rings. The minimum absolute atomic E-state index is 0.0139. The summed E-state index contributed by atoms with van der Waals surface area (Å²) in [6, 6.07) is 49.4. The zero-order valence-electron chi connectivity index (χ0n) is 38.7. The van der Waals surface area contributed by atoms with Gasteiger partial charge in [-0.3, -0.25) is 0 Å². The van der Waals surface area contributed by atoms with Gasteiger partial charge in [-0.1, -0.05) is 136 Å². The third-order valence-electron chi connectivity index (χ3n) is 15.6. The van der Waals surface area contributed by atoms with Crippen molar-refractivity contribution in [1.82, 2.24) is 0 Å². The van der Waals surface area contributed by atoms with E-state index in [1.807, 2.05) is 0 Å². The molecule has 0 N–H and O–H groups in total. The highest BCUT2D eigenvalue weighted by atomic mass is 15.3. The summed E-state index contributed by atoms with van der Waals surface area (Å²) >= 11 is 0. The molecule has 3 unspecified atom stereocenters. The minimum Gasteiger partial charge on any atom is -0.334 e. The van der Waals surface area contributed by atoms with Crippen LogP contribution in [0.1, 0.15) is 118 Å². The molecule has 4 heteroatoms. The number of para-hydroxylation sites is 2. The fraction of sp³-hybridized carbons (Fsp3) is 0.368. The molecule has 1 aliphatic carbocycles. The first-order chi connectivity index (χ1) is 28.8. The second-order valence-electron chi connectivity index (χ2n) is 22.5. The number of benzene rings is 6. The molecular formula is C57H64BN3. The van der Waals surface area contributed by atoms with E-state index in [2.05, 4.69) is 225 Å². The molecule has 6 aromatic rings. The molecule has 0 aromatic heterocycles. The lowest BCUT2D eigenvalue weighted by atomic mass is 9.33. The van der Waals surface area contributed by atoms with Crippen LogP contribution in [-0.4, -0.2) is 12.3 Å². The maximum Gasteiger partial charge on any atom is 0.252 e. The van der Waals surface area contributed by atoms with E-state index in [9.17, 15) is 0 Å². The van der Waals surface area contributed by atoms with Gasteiger partial charge in [0.25, 0.3) is 6.71 Å². The molecule has 1 saturated carbocycles. The molecule has 1 fully saturated rings. The highest BCUT2D eigenvalue weighted by molar-refractivity contribution is 7.00. The molecule has 3 nitrogen and oxygen atoms in total. The molecule has 10 rings (SSSR count). The number of rotatable bonds is 3. The van der Waals surface area contributed by atoms with Gasteiger partial charge in [0.1, 0.15) is 0 Å². The van der Waals surface area contributed by atoms with Gasteiger partial charge in [0, 0.05) is 50.9 Å². The van der Waals surface area contributed by atoms with E-state index < -0.39 is 0 Å². The highest BCUT2D eigenvalue weighted by Gasteiger charge is 2.60. The van der Waals surface area contributed by atoms with Crippen LogP contribution in [0, 0.1) is 18.3 Å². The van der Waals surface area contributed by atoms with Crippen LogP contribution in [0.3, 0.4) is 0 Å². The molecule has 61 heavy (non-hydrogen) atoms. The maximum absolute atomic E-state index is 2.79. The summed E-state index contributed by atoms with van der Waals surface area (Å²) in [7, 11) is 0. The average molecular weight is 802 g/mol. The summed E-state index contributed by atoms with van der Waals surface area (Å²) in [4.78, 5) is 7.89. The first-order valence-electron chi connectivity index (χ1n) is 22.9. The Morgan fingerprint density at radius 2 is 1.11 bits per heavy atom. The van der Waals surface area contributed by atoms with Crippen LogP contribution in [0.2, 0.25) is 0 Å². The van der Waals surface area contributed by atoms with Gasteiger partial charge in [-0.2, -0.15) is 0 Å². The van der Waals surface area contributed by atoms with E-state index in [0.29, 0.717) is 5.92 Å². The van der Waals surface area contributed by atoms with Gasteiger partial charge in [-0.05, 0) is 155 Å². The number of hydrogen-bond donors (Lipinski definition) is 0. The lowest BCUT2D eigenvalue weighted by molar-refractivity contribution is 0.0786. The number of anilines is 8. The van der Waals surface area contributed by atoms with E-state index in [1.54, 1.807) is 0 Å². The third kappa shape index (κ3) is 5.98. The second kappa shape index (κ2) is 13.4. The molecular weight excluding hydrogens is 737 g/mol. The van der Waals surface area contributed by atoms with Gasteiger partial charge >= 0.3 is 0 Å². The summed E-state index contributed by atoms with van der Waals surface area (Å²) in [6.45, 7) is 28.9. The molecule has 6 aromatic carbocycles. The summed E-state index contributed by atoms with van der Waals surface area (Å²) in [5.74, 6) is 0.655. The monoisotopic (exact) mass is 802 g/mol. The van der Waals surface area contributed by atoms with Gasteiger partial charge in [0.2, 0.25) is 0 Å². The molecule has 0 spiro atoms. The zero-order valence-corrected chi connectivity index (χ0v) is 38.7. The molecule has 0 radical (unpaired) electrons. The standard InChI is InChI=1S/C57H64BN3/c1-37-32-50-52-51(33-37)60(42-25-22-38(23-26-42)53(2,3)4)49-35-43(27-28-46(49)58(52)45-20-16-17-21-48(45)59(50)41-18-14-13-15-19-41)61-47-29-24-39(54(5,6)7)34-44(47)56(11)36-40(55(8,9)10)30-31-57(56,61)12/h13-29,32-35,40H,30-31,36H2,1-12H3. The summed E-state index contributed by atoms with van der Waals surface area (Å²) in [5.41, 5.74) is 20.0. The summed E-state index contributed by atoms with van der Waals surface area (Å²) in [6.07, 6.45) is 3.57. The first kappa shape index (κ1) is 39.9. The molecule has 3 atom stereocenters. The van der Waals surface area contributed by atoms with Gasteiger partial charge < -0.3 is 14.7 Å². The van der Waals surface area contributed by atoms with Crippen LogP contribution in [0.15, 0.2) is 127 Å². The van der Waals surface area contributed by atoms with Crippen LogP contribution in [0.25, 0.3) is 0 Å². The maximum atomic E-state index is 2.79. The topological polar surface area (TPSA) is 9.72 Å². The Hall–Kier alpha value is -5.22. The molecule has 310 valence electrons. The number of nitrogens with zero attached hydrogens (tertiary/aromatic N) is 3. The largest absolute Gasteiger partial charge is 0.334 e. The van der Waals surface area contributed by atoms with E-state index in [1.165, 1.54) is 97.0 Å². The highest BCUT2D eigenvalue weighted by Crippen LogP contribution is 2.64. The number of fused-ring (bicyclic) bond motifs is 7. The lowest BCUT2D eigenvalue weighted by Gasteiger charge is -2.54. The van der Waals surface area contributed by atoms with Crippen molar-refractivity contribution in [1.29, 1.82) is 0 Å². The van der Waals surface area contributed by atoms with Crippen LogP contribution in [-0.2, 0) is 16.2 Å². The summed E-state index contributed by atoms with van der Waals surface area (Å²) < 4.78 is 0. The summed E-state index contributed by atoms with van der Waals surface area (Å²) in [5, 5.41) is 0. The molecule has 0 bridgehead atoms. The van der Waals surface area contributed by atoms with Gasteiger partial charge in [-0.15, -0.1) is 0 Å². The fourth-order valence-electron chi connectivity index (χ4n) is 11.8. The van der Waals surface area contributed by atoms with Crippen molar-refractivity contribution >= 4 is 68.6 Å². The Morgan fingerprint density at radius 3 is 1.77 bits per heavy atom. The Labute approximate surface area is 366 Å². The van der Waals surface area contributed by atoms with Crippen molar-refractivity contribution < 1.29 is 0 Å². The Bertz CT molecular complexity index is 2690. The van der Waals surface area contributed by atoms with Gasteiger partial charge in [0.05, 0.1) is 5.54 Å². The van der Waals surface area contributed by atoms with Crippen molar-refractivity contribution in [2.75, 3.05) is 14.7 Å². The zero-order chi connectivity index (χ0) is 43.0. The molecule has 3 heterocycles. The van der Waals surface area contributed by atoms with Crippen molar-refractivity contribution in [2.24, 2.45) is 11.3 Å². The second-order valence-corrected chi connectivity index (χ2v) is 22.5. The van der Waals surface area contributed by atoms with Crippen LogP contribution in [0.4, 0.5) is 45.5 Å². The molecule has 3 aliphatic heterocycles. The van der Waals surface area contributed by atoms with E-state index >= 15 is 0 Å². The van der Waals surface area contributed by atoms with Crippen LogP contribution >= 0.6 is 0 Å². The normalized spacial score (nSPS) is 21.7. The van der Waals surface area contributed by atoms with Crippen molar-refractivity contribution in [3.8, 4) is 0 Å². The smallest absolute Gasteiger partial charge is 0.252 e. The van der Waals surface area contributed by atoms with E-state index in [0.717, 1.165) is 6.42 Å². The number of aryl methyl sites for hydroxylation is 1. The predicted molar refractivity (Wildman–Crippen MR) is 264 cm³/mol. The number of hydrogen-bond acceptors (Lipinski definition) is 3. The van der Waals surface area contributed by atoms with Crippen LogP contribution < -0.4 is 31.1 Å². The quantitative estimate of drug-likeness (QED) is 0.165. The third-order valence-corrected chi connectivity index (χ3v) is 15.6. The lowest BCUT2D eigenvalue weighted by Crippen LogP contribution is -2.61. The van der Waals surface area contributed by atoms with Crippen LogP contribution in [0.5, 0.6) is 0 Å². The van der Waals surface area contributed by atoms with Crippen molar-refractivity contribution in [3.63, 3.8) is 0 Å². The first-order valence-corrected chi connectivity index (χ1v) is 22.9. The molecule has 0 saturated heterocycles. The Morgan fingerprint density at radius 1 is 0.541 bits per heavy atom. The fourth-order valence-corrected chi connectivity index (χ4v) is 11.8. The molecule has 0 amide bonds. The van der Waals surface area contributed by atoms with Gasteiger partial charge in [-0.25, -0.2) is 0 Å².